The molecule has 0 unspecified atom stereocenters. The van der Waals surface area contributed by atoms with Gasteiger partial charge in [-0.1, -0.05) is 12.5 Å². The van der Waals surface area contributed by atoms with Crippen molar-refractivity contribution in [3.05, 3.63) is 23.8 Å². The summed E-state index contributed by atoms with van der Waals surface area (Å²) in [5.74, 6) is 1.33. The predicted molar refractivity (Wildman–Crippen MR) is 76.2 cm³/mol. The van der Waals surface area contributed by atoms with E-state index in [2.05, 4.69) is 0 Å². The van der Waals surface area contributed by atoms with Crippen molar-refractivity contribution in [3.8, 4) is 11.5 Å². The summed E-state index contributed by atoms with van der Waals surface area (Å²) in [7, 11) is 3.23. The number of carbonyl (C=O) groups excluding carboxylic acids is 1. The Morgan fingerprint density at radius 2 is 1.90 bits per heavy atom. The topological polar surface area (TPSA) is 44.8 Å². The predicted octanol–water partition coefficient (Wildman–Crippen LogP) is 2.98. The molecule has 20 heavy (non-hydrogen) atoms. The monoisotopic (exact) mass is 278 g/mol. The standard InChI is InChI=1S/C16H22O4/c1-4-20-15(17)16(8-5-9-16)11-12-6-7-13(18-2)14(10-12)19-3/h6-7,10H,4-5,8-9,11H2,1-3H3. The van der Waals surface area contributed by atoms with Gasteiger partial charge < -0.3 is 14.2 Å². The van der Waals surface area contributed by atoms with Crippen LogP contribution in [0.3, 0.4) is 0 Å². The van der Waals surface area contributed by atoms with Crippen molar-refractivity contribution in [1.82, 2.24) is 0 Å². The van der Waals surface area contributed by atoms with E-state index in [0.717, 1.165) is 24.8 Å². The van der Waals surface area contributed by atoms with Crippen LogP contribution in [0.1, 0.15) is 31.7 Å². The van der Waals surface area contributed by atoms with Crippen molar-refractivity contribution in [1.29, 1.82) is 0 Å². The number of rotatable bonds is 6. The summed E-state index contributed by atoms with van der Waals surface area (Å²) in [6.07, 6.45) is 3.60. The Bertz CT molecular complexity index is 477. The lowest BCUT2D eigenvalue weighted by atomic mass is 9.65. The van der Waals surface area contributed by atoms with Crippen LogP contribution in [0.25, 0.3) is 0 Å². The van der Waals surface area contributed by atoms with Gasteiger partial charge in [-0.3, -0.25) is 4.79 Å². The second-order valence-electron chi connectivity index (χ2n) is 5.22. The average Bonchev–Trinajstić information content (AvgIpc) is 2.42. The van der Waals surface area contributed by atoms with Crippen molar-refractivity contribution >= 4 is 5.97 Å². The van der Waals surface area contributed by atoms with E-state index >= 15 is 0 Å². The molecule has 0 radical (unpaired) electrons. The molecule has 0 heterocycles. The highest BCUT2D eigenvalue weighted by Gasteiger charge is 2.45. The number of methoxy groups -OCH3 is 2. The zero-order valence-corrected chi connectivity index (χ0v) is 12.4. The first-order chi connectivity index (χ1) is 9.65. The number of esters is 1. The van der Waals surface area contributed by atoms with Crippen LogP contribution >= 0.6 is 0 Å². The van der Waals surface area contributed by atoms with E-state index in [9.17, 15) is 4.79 Å². The third-order valence-corrected chi connectivity index (χ3v) is 4.01. The Morgan fingerprint density at radius 3 is 2.40 bits per heavy atom. The molecular weight excluding hydrogens is 256 g/mol. The molecule has 110 valence electrons. The maximum absolute atomic E-state index is 12.2. The van der Waals surface area contributed by atoms with Gasteiger partial charge in [0.05, 0.1) is 26.2 Å². The number of hydrogen-bond donors (Lipinski definition) is 0. The SMILES string of the molecule is CCOC(=O)C1(Cc2ccc(OC)c(OC)c2)CCC1. The maximum atomic E-state index is 12.2. The number of benzene rings is 1. The highest BCUT2D eigenvalue weighted by atomic mass is 16.5. The average molecular weight is 278 g/mol. The van der Waals surface area contributed by atoms with Gasteiger partial charge in [-0.15, -0.1) is 0 Å². The summed E-state index contributed by atoms with van der Waals surface area (Å²) in [5, 5.41) is 0. The summed E-state index contributed by atoms with van der Waals surface area (Å²) in [5.41, 5.74) is 0.741. The molecular formula is C16H22O4. The fourth-order valence-electron chi connectivity index (χ4n) is 2.72. The van der Waals surface area contributed by atoms with E-state index < -0.39 is 0 Å². The van der Waals surface area contributed by atoms with Crippen molar-refractivity contribution in [2.24, 2.45) is 5.41 Å². The Morgan fingerprint density at radius 1 is 1.20 bits per heavy atom. The van der Waals surface area contributed by atoms with Crippen LogP contribution in [0.5, 0.6) is 11.5 Å². The molecule has 1 fully saturated rings. The molecule has 2 rings (SSSR count). The largest absolute Gasteiger partial charge is 0.493 e. The number of carbonyl (C=O) groups is 1. The molecule has 0 N–H and O–H groups in total. The first-order valence-corrected chi connectivity index (χ1v) is 7.03. The van der Waals surface area contributed by atoms with Gasteiger partial charge in [0, 0.05) is 0 Å². The van der Waals surface area contributed by atoms with Gasteiger partial charge in [0.15, 0.2) is 11.5 Å². The highest BCUT2D eigenvalue weighted by molar-refractivity contribution is 5.78. The lowest BCUT2D eigenvalue weighted by molar-refractivity contribution is -0.161. The molecule has 0 bridgehead atoms. The molecule has 0 saturated heterocycles. The van der Waals surface area contributed by atoms with Crippen LogP contribution in [0, 0.1) is 5.41 Å². The molecule has 4 heteroatoms. The van der Waals surface area contributed by atoms with Gasteiger partial charge in [0.2, 0.25) is 0 Å². The minimum atomic E-state index is -0.338. The van der Waals surface area contributed by atoms with Crippen LogP contribution in [0.15, 0.2) is 18.2 Å². The molecule has 0 atom stereocenters. The molecule has 1 saturated carbocycles. The highest BCUT2D eigenvalue weighted by Crippen LogP contribution is 2.45. The maximum Gasteiger partial charge on any atom is 0.312 e. The Kier molecular flexibility index (Phi) is 4.53. The van der Waals surface area contributed by atoms with Crippen molar-refractivity contribution in [3.63, 3.8) is 0 Å². The van der Waals surface area contributed by atoms with Crippen LogP contribution in [-0.2, 0) is 16.0 Å². The number of hydrogen-bond acceptors (Lipinski definition) is 4. The van der Waals surface area contributed by atoms with Gasteiger partial charge >= 0.3 is 5.97 Å². The molecule has 0 aliphatic heterocycles. The Hall–Kier alpha value is -1.71. The fraction of sp³-hybridized carbons (Fsp3) is 0.562. The second-order valence-corrected chi connectivity index (χ2v) is 5.22. The Balaban J connectivity index is 2.18. The van der Waals surface area contributed by atoms with Crippen LogP contribution in [-0.4, -0.2) is 26.8 Å². The van der Waals surface area contributed by atoms with Gasteiger partial charge in [0.25, 0.3) is 0 Å². The molecule has 1 aliphatic rings. The molecule has 0 aromatic heterocycles. The molecule has 1 aliphatic carbocycles. The molecule has 1 aromatic carbocycles. The van der Waals surface area contributed by atoms with Crippen molar-refractivity contribution < 1.29 is 19.0 Å². The summed E-state index contributed by atoms with van der Waals surface area (Å²) in [6.45, 7) is 2.28. The van der Waals surface area contributed by atoms with E-state index in [4.69, 9.17) is 14.2 Å². The van der Waals surface area contributed by atoms with Crippen molar-refractivity contribution in [2.45, 2.75) is 32.6 Å². The zero-order chi connectivity index (χ0) is 14.6. The summed E-state index contributed by atoms with van der Waals surface area (Å²) in [4.78, 5) is 12.2. The van der Waals surface area contributed by atoms with E-state index in [-0.39, 0.29) is 11.4 Å². The van der Waals surface area contributed by atoms with Gasteiger partial charge in [-0.05, 0) is 43.9 Å². The van der Waals surface area contributed by atoms with E-state index in [0.29, 0.717) is 24.5 Å². The molecule has 4 nitrogen and oxygen atoms in total. The second kappa shape index (κ2) is 6.16. The lowest BCUT2D eigenvalue weighted by Crippen LogP contribution is -2.41. The molecule has 1 aromatic rings. The fourth-order valence-corrected chi connectivity index (χ4v) is 2.72. The minimum Gasteiger partial charge on any atom is -0.493 e. The van der Waals surface area contributed by atoms with Crippen molar-refractivity contribution in [2.75, 3.05) is 20.8 Å². The van der Waals surface area contributed by atoms with Crippen LogP contribution in [0.2, 0.25) is 0 Å². The number of ether oxygens (including phenoxy) is 3. The quantitative estimate of drug-likeness (QED) is 0.750. The Labute approximate surface area is 120 Å². The first kappa shape index (κ1) is 14.7. The summed E-state index contributed by atoms with van der Waals surface area (Å²) < 4.78 is 15.8. The summed E-state index contributed by atoms with van der Waals surface area (Å²) >= 11 is 0. The van der Waals surface area contributed by atoms with E-state index in [1.165, 1.54) is 0 Å². The lowest BCUT2D eigenvalue weighted by Gasteiger charge is -2.39. The van der Waals surface area contributed by atoms with Gasteiger partial charge in [0.1, 0.15) is 0 Å². The summed E-state index contributed by atoms with van der Waals surface area (Å²) in [6, 6.07) is 5.81. The normalized spacial score (nSPS) is 16.1. The third-order valence-electron chi connectivity index (χ3n) is 4.01. The molecule has 0 amide bonds. The molecule has 0 spiro atoms. The third kappa shape index (κ3) is 2.74. The minimum absolute atomic E-state index is 0.0685. The van der Waals surface area contributed by atoms with Crippen LogP contribution in [0.4, 0.5) is 0 Å². The first-order valence-electron chi connectivity index (χ1n) is 7.03. The van der Waals surface area contributed by atoms with E-state index in [1.54, 1.807) is 14.2 Å². The van der Waals surface area contributed by atoms with Gasteiger partial charge in [-0.2, -0.15) is 0 Å². The zero-order valence-electron chi connectivity index (χ0n) is 12.4. The van der Waals surface area contributed by atoms with E-state index in [1.807, 2.05) is 25.1 Å². The smallest absolute Gasteiger partial charge is 0.312 e. The van der Waals surface area contributed by atoms with Gasteiger partial charge in [-0.25, -0.2) is 0 Å². The van der Waals surface area contributed by atoms with Crippen LogP contribution < -0.4 is 9.47 Å².